The number of carbonyl (C=O) groups is 1. The maximum Gasteiger partial charge on any atom is 0.229 e. The summed E-state index contributed by atoms with van der Waals surface area (Å²) in [4.78, 5) is 14.2. The molecule has 0 spiro atoms. The van der Waals surface area contributed by atoms with Gasteiger partial charge in [-0.05, 0) is 50.3 Å². The number of likely N-dealkylation sites (tertiary alicyclic amines) is 1. The van der Waals surface area contributed by atoms with E-state index in [4.69, 9.17) is 5.73 Å². The Hall–Kier alpha value is -1.46. The molecule has 1 aromatic rings. The number of benzene rings is 1. The molecule has 1 atom stereocenters. The van der Waals surface area contributed by atoms with Crippen LogP contribution in [0.3, 0.4) is 0 Å². The Kier molecular flexibility index (Phi) is 5.19. The van der Waals surface area contributed by atoms with Crippen molar-refractivity contribution in [2.75, 3.05) is 19.6 Å². The summed E-state index contributed by atoms with van der Waals surface area (Å²) in [5.41, 5.74) is 5.85. The molecule has 2 rings (SSSR count). The highest BCUT2D eigenvalue weighted by Crippen LogP contribution is 2.32. The van der Waals surface area contributed by atoms with Crippen molar-refractivity contribution >= 4 is 5.91 Å². The van der Waals surface area contributed by atoms with Crippen molar-refractivity contribution < 1.29 is 14.3 Å². The zero-order chi connectivity index (χ0) is 16.3. The molecule has 3 N–H and O–H groups in total. The van der Waals surface area contributed by atoms with Gasteiger partial charge in [0.2, 0.25) is 5.91 Å². The van der Waals surface area contributed by atoms with Gasteiger partial charge in [-0.2, -0.15) is 0 Å². The summed E-state index contributed by atoms with van der Waals surface area (Å²) in [5.74, 6) is -0.138. The lowest BCUT2D eigenvalue weighted by Crippen LogP contribution is -2.48. The number of amides is 1. The molecular weight excluding hydrogens is 283 g/mol. The summed E-state index contributed by atoms with van der Waals surface area (Å²) in [6.45, 7) is 5.30. The van der Waals surface area contributed by atoms with Crippen molar-refractivity contribution in [3.63, 3.8) is 0 Å². The largest absolute Gasteiger partial charge is 0.388 e. The van der Waals surface area contributed by atoms with Crippen LogP contribution in [-0.2, 0) is 4.79 Å². The van der Waals surface area contributed by atoms with Gasteiger partial charge in [-0.25, -0.2) is 4.39 Å². The van der Waals surface area contributed by atoms with Crippen molar-refractivity contribution in [2.24, 2.45) is 17.1 Å². The Morgan fingerprint density at radius 2 is 1.91 bits per heavy atom. The number of halogens is 1. The van der Waals surface area contributed by atoms with Crippen LogP contribution in [0.25, 0.3) is 0 Å². The number of nitrogens with zero attached hydrogens (tertiary/aromatic N) is 1. The van der Waals surface area contributed by atoms with E-state index in [1.807, 2.05) is 18.7 Å². The molecule has 1 saturated heterocycles. The fraction of sp³-hybridized carbons (Fsp3) is 0.588. The summed E-state index contributed by atoms with van der Waals surface area (Å²) in [6, 6.07) is 5.96. The molecule has 1 heterocycles. The average molecular weight is 308 g/mol. The lowest BCUT2D eigenvalue weighted by molar-refractivity contribution is -0.141. The van der Waals surface area contributed by atoms with Crippen LogP contribution < -0.4 is 5.73 Å². The lowest BCUT2D eigenvalue weighted by atomic mass is 9.85. The first kappa shape index (κ1) is 16.9. The van der Waals surface area contributed by atoms with Gasteiger partial charge in [-0.15, -0.1) is 0 Å². The number of aliphatic hydroxyl groups is 1. The monoisotopic (exact) mass is 308 g/mol. The van der Waals surface area contributed by atoms with Crippen LogP contribution in [0.1, 0.15) is 38.4 Å². The van der Waals surface area contributed by atoms with Crippen LogP contribution >= 0.6 is 0 Å². The number of piperidine rings is 1. The molecule has 0 saturated carbocycles. The number of nitrogens with two attached hydrogens (primary N) is 1. The molecule has 122 valence electrons. The molecule has 5 heteroatoms. The van der Waals surface area contributed by atoms with Gasteiger partial charge in [-0.1, -0.05) is 12.1 Å². The minimum atomic E-state index is -0.611. The Morgan fingerprint density at radius 1 is 1.36 bits per heavy atom. The third kappa shape index (κ3) is 3.65. The van der Waals surface area contributed by atoms with E-state index in [0.29, 0.717) is 19.6 Å². The highest BCUT2D eigenvalue weighted by atomic mass is 19.1. The Bertz CT molecular complexity index is 508. The molecule has 1 aliphatic rings. The Labute approximate surface area is 131 Å². The maximum absolute atomic E-state index is 12.9. The second-order valence-electron chi connectivity index (χ2n) is 6.71. The summed E-state index contributed by atoms with van der Waals surface area (Å²) >= 11 is 0. The molecule has 4 nitrogen and oxygen atoms in total. The number of hydrogen-bond donors (Lipinski definition) is 2. The van der Waals surface area contributed by atoms with Crippen LogP contribution in [0.2, 0.25) is 0 Å². The fourth-order valence-corrected chi connectivity index (χ4v) is 2.87. The molecule has 0 bridgehead atoms. The van der Waals surface area contributed by atoms with Gasteiger partial charge < -0.3 is 15.7 Å². The van der Waals surface area contributed by atoms with Crippen LogP contribution in [0.15, 0.2) is 24.3 Å². The van der Waals surface area contributed by atoms with Crippen molar-refractivity contribution in [3.05, 3.63) is 35.6 Å². The van der Waals surface area contributed by atoms with Crippen LogP contribution in [0.5, 0.6) is 0 Å². The van der Waals surface area contributed by atoms with E-state index in [-0.39, 0.29) is 17.6 Å². The lowest BCUT2D eigenvalue weighted by Gasteiger charge is -2.38. The van der Waals surface area contributed by atoms with Crippen LogP contribution in [-0.4, -0.2) is 35.5 Å². The van der Waals surface area contributed by atoms with Gasteiger partial charge in [-0.3, -0.25) is 4.79 Å². The summed E-state index contributed by atoms with van der Waals surface area (Å²) < 4.78 is 12.9. The molecule has 1 unspecified atom stereocenters. The second-order valence-corrected chi connectivity index (χ2v) is 6.71. The van der Waals surface area contributed by atoms with E-state index in [1.165, 1.54) is 12.1 Å². The van der Waals surface area contributed by atoms with Gasteiger partial charge in [0.05, 0.1) is 11.5 Å². The third-order valence-electron chi connectivity index (χ3n) is 4.57. The van der Waals surface area contributed by atoms with Crippen LogP contribution in [0, 0.1) is 17.2 Å². The van der Waals surface area contributed by atoms with E-state index in [2.05, 4.69) is 0 Å². The number of carbonyl (C=O) groups excluding carboxylic acids is 1. The zero-order valence-corrected chi connectivity index (χ0v) is 13.3. The third-order valence-corrected chi connectivity index (χ3v) is 4.57. The second kappa shape index (κ2) is 6.75. The number of rotatable bonds is 4. The normalized spacial score (nSPS) is 18.3. The SMILES string of the molecule is CC(C)(CN)C(=O)N1CCC(C(O)c2ccc(F)cc2)CC1. The fourth-order valence-electron chi connectivity index (χ4n) is 2.87. The minimum Gasteiger partial charge on any atom is -0.388 e. The Balaban J connectivity index is 1.94. The van der Waals surface area contributed by atoms with E-state index < -0.39 is 11.5 Å². The van der Waals surface area contributed by atoms with Crippen LogP contribution in [0.4, 0.5) is 4.39 Å². The summed E-state index contributed by atoms with van der Waals surface area (Å²) in [5, 5.41) is 10.4. The predicted octanol–water partition coefficient (Wildman–Crippen LogP) is 2.08. The van der Waals surface area contributed by atoms with Crippen molar-refractivity contribution in [2.45, 2.75) is 32.8 Å². The zero-order valence-electron chi connectivity index (χ0n) is 13.3. The molecule has 1 aromatic carbocycles. The molecule has 0 aliphatic carbocycles. The highest BCUT2D eigenvalue weighted by Gasteiger charge is 2.34. The van der Waals surface area contributed by atoms with E-state index in [9.17, 15) is 14.3 Å². The first-order chi connectivity index (χ1) is 10.3. The summed E-state index contributed by atoms with van der Waals surface area (Å²) in [7, 11) is 0. The molecule has 0 aromatic heterocycles. The summed E-state index contributed by atoms with van der Waals surface area (Å²) in [6.07, 6.45) is 0.871. The van der Waals surface area contributed by atoms with Crippen molar-refractivity contribution in [1.82, 2.24) is 4.90 Å². The van der Waals surface area contributed by atoms with E-state index >= 15 is 0 Å². The quantitative estimate of drug-likeness (QED) is 0.895. The molecule has 1 aliphatic heterocycles. The van der Waals surface area contributed by atoms with Gasteiger partial charge in [0.25, 0.3) is 0 Å². The highest BCUT2D eigenvalue weighted by molar-refractivity contribution is 5.82. The standard InChI is InChI=1S/C17H25FN2O2/c1-17(2,11-19)16(22)20-9-7-13(8-10-20)15(21)12-3-5-14(18)6-4-12/h3-6,13,15,21H,7-11,19H2,1-2H3. The topological polar surface area (TPSA) is 66.6 Å². The smallest absolute Gasteiger partial charge is 0.229 e. The maximum atomic E-state index is 12.9. The first-order valence-electron chi connectivity index (χ1n) is 7.78. The van der Waals surface area contributed by atoms with Gasteiger partial charge in [0.15, 0.2) is 0 Å². The minimum absolute atomic E-state index is 0.0738. The van der Waals surface area contributed by atoms with Crippen molar-refractivity contribution in [1.29, 1.82) is 0 Å². The molecule has 1 fully saturated rings. The van der Waals surface area contributed by atoms with E-state index in [1.54, 1.807) is 12.1 Å². The number of aliphatic hydroxyl groups excluding tert-OH is 1. The van der Waals surface area contributed by atoms with Gasteiger partial charge >= 0.3 is 0 Å². The van der Waals surface area contributed by atoms with E-state index in [0.717, 1.165) is 18.4 Å². The first-order valence-corrected chi connectivity index (χ1v) is 7.78. The molecule has 22 heavy (non-hydrogen) atoms. The predicted molar refractivity (Wildman–Crippen MR) is 83.5 cm³/mol. The average Bonchev–Trinajstić information content (AvgIpc) is 2.54. The van der Waals surface area contributed by atoms with Crippen molar-refractivity contribution in [3.8, 4) is 0 Å². The Morgan fingerprint density at radius 3 is 2.41 bits per heavy atom. The van der Waals surface area contributed by atoms with Gasteiger partial charge in [0.1, 0.15) is 5.82 Å². The number of hydrogen-bond acceptors (Lipinski definition) is 3. The van der Waals surface area contributed by atoms with Gasteiger partial charge in [0, 0.05) is 19.6 Å². The molecule has 1 amide bonds. The molecule has 0 radical (unpaired) electrons. The molecular formula is C17H25FN2O2.